The lowest BCUT2D eigenvalue weighted by Gasteiger charge is -2.22. The molecular weight excluding hydrogens is 420 g/mol. The number of thioether (sulfide) groups is 1. The van der Waals surface area contributed by atoms with E-state index in [0.29, 0.717) is 22.4 Å². The van der Waals surface area contributed by atoms with Gasteiger partial charge < -0.3 is 4.90 Å². The van der Waals surface area contributed by atoms with E-state index in [2.05, 4.69) is 27.7 Å². The maximum absolute atomic E-state index is 13.0. The van der Waals surface area contributed by atoms with E-state index in [1.54, 1.807) is 21.7 Å². The van der Waals surface area contributed by atoms with E-state index < -0.39 is 0 Å². The number of aromatic nitrogens is 4. The smallest absolute Gasteiger partial charge is 0.237 e. The minimum atomic E-state index is -0.132. The third-order valence-electron chi connectivity index (χ3n) is 4.55. The minimum absolute atomic E-state index is 0.132. The lowest BCUT2D eigenvalue weighted by molar-refractivity contribution is -0.116. The second kappa shape index (κ2) is 9.74. The van der Waals surface area contributed by atoms with Gasteiger partial charge in [0.2, 0.25) is 11.1 Å². The average Bonchev–Trinajstić information content (AvgIpc) is 3.17. The van der Waals surface area contributed by atoms with E-state index in [9.17, 15) is 4.79 Å². The van der Waals surface area contributed by atoms with Gasteiger partial charge in [0, 0.05) is 17.3 Å². The number of aryl methyl sites for hydroxylation is 3. The average molecular weight is 441 g/mol. The SMILES string of the molecule is Cc1ccc(-n2nnnc2SCC(=O)N(CCC#N)c2ccc(Cl)c(C)c2)c(C)c1. The predicted molar refractivity (Wildman–Crippen MR) is 118 cm³/mol. The number of carbonyl (C=O) groups excluding carboxylic acids is 1. The standard InChI is InChI=1S/C21H21ClN6OS/c1-14-5-8-19(16(3)11-14)28-21(24-25-26-28)30-13-20(29)27(10-4-9-23)17-6-7-18(22)15(2)12-17/h5-8,11-12H,4,10,13H2,1-3H3. The molecule has 0 aliphatic heterocycles. The highest BCUT2D eigenvalue weighted by Crippen LogP contribution is 2.25. The van der Waals surface area contributed by atoms with Crippen molar-refractivity contribution in [1.82, 2.24) is 20.2 Å². The van der Waals surface area contributed by atoms with Crippen molar-refractivity contribution in [3.8, 4) is 11.8 Å². The summed E-state index contributed by atoms with van der Waals surface area (Å²) in [4.78, 5) is 14.6. The van der Waals surface area contributed by atoms with Crippen molar-refractivity contribution in [2.45, 2.75) is 32.3 Å². The van der Waals surface area contributed by atoms with Crippen molar-refractivity contribution in [3.63, 3.8) is 0 Å². The topological polar surface area (TPSA) is 87.7 Å². The highest BCUT2D eigenvalue weighted by molar-refractivity contribution is 7.99. The fraction of sp³-hybridized carbons (Fsp3) is 0.286. The molecule has 0 bridgehead atoms. The highest BCUT2D eigenvalue weighted by Gasteiger charge is 2.19. The Labute approximate surface area is 184 Å². The zero-order valence-electron chi connectivity index (χ0n) is 17.0. The molecule has 3 aromatic rings. The molecule has 0 aliphatic rings. The van der Waals surface area contributed by atoms with Crippen LogP contribution in [-0.2, 0) is 4.79 Å². The fourth-order valence-corrected chi connectivity index (χ4v) is 3.90. The van der Waals surface area contributed by atoms with Crippen LogP contribution in [0.5, 0.6) is 0 Å². The summed E-state index contributed by atoms with van der Waals surface area (Å²) in [5.74, 6) is 0.00502. The Kier molecular flexibility index (Phi) is 7.08. The van der Waals surface area contributed by atoms with Gasteiger partial charge in [0.1, 0.15) is 0 Å². The fourth-order valence-electron chi connectivity index (χ4n) is 3.02. The molecule has 30 heavy (non-hydrogen) atoms. The largest absolute Gasteiger partial charge is 0.311 e. The van der Waals surface area contributed by atoms with Gasteiger partial charge in [0.25, 0.3) is 0 Å². The number of rotatable bonds is 7. The zero-order chi connectivity index (χ0) is 21.7. The van der Waals surface area contributed by atoms with Crippen LogP contribution in [0.15, 0.2) is 41.6 Å². The number of hydrogen-bond acceptors (Lipinski definition) is 6. The number of nitriles is 1. The maximum atomic E-state index is 13.0. The summed E-state index contributed by atoms with van der Waals surface area (Å²) in [7, 11) is 0. The van der Waals surface area contributed by atoms with Crippen molar-refractivity contribution in [1.29, 1.82) is 5.26 Å². The van der Waals surface area contributed by atoms with Gasteiger partial charge >= 0.3 is 0 Å². The first-order chi connectivity index (χ1) is 14.4. The number of halogens is 1. The Morgan fingerprint density at radius 2 is 2.00 bits per heavy atom. The number of tetrazole rings is 1. The molecule has 1 heterocycles. The van der Waals surface area contributed by atoms with E-state index >= 15 is 0 Å². The quantitative estimate of drug-likeness (QED) is 0.509. The lowest BCUT2D eigenvalue weighted by Crippen LogP contribution is -2.33. The highest BCUT2D eigenvalue weighted by atomic mass is 35.5. The van der Waals surface area contributed by atoms with Crippen LogP contribution in [0.4, 0.5) is 5.69 Å². The van der Waals surface area contributed by atoms with Crippen LogP contribution < -0.4 is 4.90 Å². The minimum Gasteiger partial charge on any atom is -0.311 e. The van der Waals surface area contributed by atoms with E-state index in [0.717, 1.165) is 22.4 Å². The molecule has 0 N–H and O–H groups in total. The third-order valence-corrected chi connectivity index (χ3v) is 5.88. The Hall–Kier alpha value is -2.89. The van der Waals surface area contributed by atoms with Crippen molar-refractivity contribution < 1.29 is 4.79 Å². The van der Waals surface area contributed by atoms with Crippen molar-refractivity contribution in [2.24, 2.45) is 0 Å². The second-order valence-electron chi connectivity index (χ2n) is 6.84. The van der Waals surface area contributed by atoms with Gasteiger partial charge in [0.05, 0.1) is 23.9 Å². The van der Waals surface area contributed by atoms with Crippen LogP contribution in [0.3, 0.4) is 0 Å². The summed E-state index contributed by atoms with van der Waals surface area (Å²) in [6.45, 7) is 6.21. The van der Waals surface area contributed by atoms with Crippen LogP contribution in [-0.4, -0.2) is 38.4 Å². The van der Waals surface area contributed by atoms with E-state index in [4.69, 9.17) is 16.9 Å². The number of hydrogen-bond donors (Lipinski definition) is 0. The maximum Gasteiger partial charge on any atom is 0.237 e. The van der Waals surface area contributed by atoms with Gasteiger partial charge in [-0.1, -0.05) is 41.1 Å². The van der Waals surface area contributed by atoms with Gasteiger partial charge in [-0.15, -0.1) is 5.10 Å². The lowest BCUT2D eigenvalue weighted by atomic mass is 10.1. The number of amides is 1. The van der Waals surface area contributed by atoms with Gasteiger partial charge in [-0.25, -0.2) is 0 Å². The molecule has 0 saturated carbocycles. The summed E-state index contributed by atoms with van der Waals surface area (Å²) in [6.07, 6.45) is 0.235. The molecule has 0 spiro atoms. The monoisotopic (exact) mass is 440 g/mol. The number of anilines is 1. The van der Waals surface area contributed by atoms with Crippen molar-refractivity contribution >= 4 is 35.0 Å². The summed E-state index contributed by atoms with van der Waals surface area (Å²) in [6, 6.07) is 13.5. The number of carbonyl (C=O) groups is 1. The Morgan fingerprint density at radius 3 is 2.70 bits per heavy atom. The Bertz CT molecular complexity index is 1110. The molecule has 3 rings (SSSR count). The van der Waals surface area contributed by atoms with Gasteiger partial charge in [-0.05, 0) is 66.6 Å². The van der Waals surface area contributed by atoms with Crippen LogP contribution in [0, 0.1) is 32.1 Å². The summed E-state index contributed by atoms with van der Waals surface area (Å²) >= 11 is 7.37. The number of benzene rings is 2. The molecule has 9 heteroatoms. The first kappa shape index (κ1) is 21.8. The first-order valence-electron chi connectivity index (χ1n) is 9.33. The van der Waals surface area contributed by atoms with Crippen molar-refractivity contribution in [3.05, 3.63) is 58.1 Å². The number of nitrogens with zero attached hydrogens (tertiary/aromatic N) is 6. The summed E-state index contributed by atoms with van der Waals surface area (Å²) in [5, 5.41) is 22.1. The molecule has 0 saturated heterocycles. The predicted octanol–water partition coefficient (Wildman–Crippen LogP) is 4.28. The van der Waals surface area contributed by atoms with Crippen LogP contribution in [0.1, 0.15) is 23.1 Å². The molecule has 0 unspecified atom stereocenters. The second-order valence-corrected chi connectivity index (χ2v) is 8.19. The molecule has 1 amide bonds. The molecule has 0 aliphatic carbocycles. The molecule has 0 atom stereocenters. The van der Waals surface area contributed by atoms with Crippen molar-refractivity contribution in [2.75, 3.05) is 17.2 Å². The molecule has 154 valence electrons. The van der Waals surface area contributed by atoms with Gasteiger partial charge in [0.15, 0.2) is 0 Å². The molecule has 1 aromatic heterocycles. The normalized spacial score (nSPS) is 10.6. The Balaban J connectivity index is 1.78. The Morgan fingerprint density at radius 1 is 1.20 bits per heavy atom. The van der Waals surface area contributed by atoms with Gasteiger partial charge in [-0.3, -0.25) is 4.79 Å². The molecule has 0 fully saturated rings. The van der Waals surface area contributed by atoms with Crippen LogP contribution in [0.25, 0.3) is 5.69 Å². The van der Waals surface area contributed by atoms with E-state index in [1.807, 2.05) is 39.0 Å². The van der Waals surface area contributed by atoms with E-state index in [-0.39, 0.29) is 18.1 Å². The molecule has 2 aromatic carbocycles. The van der Waals surface area contributed by atoms with Gasteiger partial charge in [-0.2, -0.15) is 9.94 Å². The van der Waals surface area contributed by atoms with Crippen LogP contribution in [0.2, 0.25) is 5.02 Å². The molecule has 7 nitrogen and oxygen atoms in total. The third kappa shape index (κ3) is 4.99. The summed E-state index contributed by atoms with van der Waals surface area (Å²) in [5.41, 5.74) is 4.65. The molecule has 0 radical (unpaired) electrons. The zero-order valence-corrected chi connectivity index (χ0v) is 18.5. The van der Waals surface area contributed by atoms with E-state index in [1.165, 1.54) is 11.8 Å². The van der Waals surface area contributed by atoms with Crippen LogP contribution >= 0.6 is 23.4 Å². The first-order valence-corrected chi connectivity index (χ1v) is 10.7. The molecular formula is C21H21ClN6OS. The summed E-state index contributed by atoms with van der Waals surface area (Å²) < 4.78 is 1.64.